The molecule has 0 spiro atoms. The largest absolute Gasteiger partial charge is 0.371 e. The Labute approximate surface area is 88.7 Å². The van der Waals surface area contributed by atoms with E-state index in [1.165, 1.54) is 5.56 Å². The van der Waals surface area contributed by atoms with Crippen molar-refractivity contribution in [2.75, 3.05) is 18.0 Å². The van der Waals surface area contributed by atoms with Crippen LogP contribution in [0.1, 0.15) is 18.9 Å². The maximum atomic E-state index is 10.7. The molecule has 0 fully saturated rings. The summed E-state index contributed by atoms with van der Waals surface area (Å²) in [6.07, 6.45) is 2.17. The molecule has 0 atom stereocenters. The van der Waals surface area contributed by atoms with Gasteiger partial charge in [-0.15, -0.1) is 0 Å². The van der Waals surface area contributed by atoms with E-state index in [1.54, 1.807) is 12.1 Å². The number of hydrogen-bond acceptors (Lipinski definition) is 3. The number of hydrogen-bond donors (Lipinski definition) is 0. The van der Waals surface area contributed by atoms with Crippen molar-refractivity contribution < 1.29 is 4.92 Å². The molecule has 1 aromatic rings. The van der Waals surface area contributed by atoms with E-state index in [0.29, 0.717) is 0 Å². The summed E-state index contributed by atoms with van der Waals surface area (Å²) < 4.78 is 0. The van der Waals surface area contributed by atoms with E-state index in [1.807, 2.05) is 6.07 Å². The lowest BCUT2D eigenvalue weighted by Crippen LogP contribution is -2.28. The second-order valence-electron chi connectivity index (χ2n) is 3.75. The summed E-state index contributed by atoms with van der Waals surface area (Å²) in [5.41, 5.74) is 2.46. The standard InChI is InChI=1S/C11H14N2O2/c1-2-12-7-3-4-9-5-6-10(13(14)15)8-11(9)12/h5-6,8H,2-4,7H2,1H3. The number of nitrogens with zero attached hydrogens (tertiary/aromatic N) is 2. The number of aryl methyl sites for hydroxylation is 1. The van der Waals surface area contributed by atoms with Crippen molar-refractivity contribution in [3.05, 3.63) is 33.9 Å². The molecular weight excluding hydrogens is 192 g/mol. The van der Waals surface area contributed by atoms with Crippen LogP contribution in [0, 0.1) is 10.1 Å². The summed E-state index contributed by atoms with van der Waals surface area (Å²) in [4.78, 5) is 12.5. The van der Waals surface area contributed by atoms with Crippen molar-refractivity contribution in [1.29, 1.82) is 0 Å². The Hall–Kier alpha value is -1.58. The molecule has 0 N–H and O–H groups in total. The first-order valence-corrected chi connectivity index (χ1v) is 5.24. The van der Waals surface area contributed by atoms with E-state index in [0.717, 1.165) is 31.6 Å². The summed E-state index contributed by atoms with van der Waals surface area (Å²) in [5, 5.41) is 10.7. The van der Waals surface area contributed by atoms with Crippen molar-refractivity contribution in [3.8, 4) is 0 Å². The third-order valence-electron chi connectivity index (χ3n) is 2.88. The van der Waals surface area contributed by atoms with Gasteiger partial charge in [0.05, 0.1) is 4.92 Å². The van der Waals surface area contributed by atoms with Gasteiger partial charge in [-0.3, -0.25) is 10.1 Å². The highest BCUT2D eigenvalue weighted by atomic mass is 16.6. The molecule has 1 aliphatic heterocycles. The molecule has 2 rings (SSSR count). The van der Waals surface area contributed by atoms with Crippen molar-refractivity contribution in [3.63, 3.8) is 0 Å². The SMILES string of the molecule is CCN1CCCc2ccc([N+](=O)[O-])cc21. The molecule has 0 saturated carbocycles. The summed E-state index contributed by atoms with van der Waals surface area (Å²) in [7, 11) is 0. The lowest BCUT2D eigenvalue weighted by atomic mass is 10.0. The predicted octanol–water partition coefficient (Wildman–Crippen LogP) is 2.37. The van der Waals surface area contributed by atoms with Crippen LogP contribution < -0.4 is 4.90 Å². The molecule has 4 nitrogen and oxygen atoms in total. The zero-order valence-corrected chi connectivity index (χ0v) is 8.77. The Morgan fingerprint density at radius 2 is 2.33 bits per heavy atom. The average molecular weight is 206 g/mol. The molecule has 1 aliphatic rings. The minimum atomic E-state index is -0.331. The predicted molar refractivity (Wildman–Crippen MR) is 59.3 cm³/mol. The molecule has 0 aliphatic carbocycles. The van der Waals surface area contributed by atoms with Gasteiger partial charge in [0.25, 0.3) is 5.69 Å². The molecule has 0 unspecified atom stereocenters. The minimum absolute atomic E-state index is 0.189. The maximum absolute atomic E-state index is 10.7. The van der Waals surface area contributed by atoms with E-state index in [2.05, 4.69) is 11.8 Å². The summed E-state index contributed by atoms with van der Waals surface area (Å²) in [6, 6.07) is 5.17. The third-order valence-corrected chi connectivity index (χ3v) is 2.88. The van der Waals surface area contributed by atoms with Gasteiger partial charge in [0.15, 0.2) is 0 Å². The van der Waals surface area contributed by atoms with E-state index < -0.39 is 0 Å². The molecule has 0 bridgehead atoms. The molecule has 80 valence electrons. The smallest absolute Gasteiger partial charge is 0.271 e. The second-order valence-corrected chi connectivity index (χ2v) is 3.75. The number of rotatable bonds is 2. The normalized spacial score (nSPS) is 14.9. The van der Waals surface area contributed by atoms with Gasteiger partial charge < -0.3 is 4.90 Å². The quantitative estimate of drug-likeness (QED) is 0.551. The number of benzene rings is 1. The van der Waals surface area contributed by atoms with Crippen LogP contribution in [0.15, 0.2) is 18.2 Å². The lowest BCUT2D eigenvalue weighted by Gasteiger charge is -2.29. The van der Waals surface area contributed by atoms with Gasteiger partial charge in [-0.2, -0.15) is 0 Å². The Morgan fingerprint density at radius 1 is 1.53 bits per heavy atom. The molecule has 4 heteroatoms. The summed E-state index contributed by atoms with van der Waals surface area (Å²) >= 11 is 0. The number of anilines is 1. The van der Waals surface area contributed by atoms with Crippen LogP contribution in [0.5, 0.6) is 0 Å². The molecule has 1 heterocycles. The van der Waals surface area contributed by atoms with Crippen LogP contribution in [0.3, 0.4) is 0 Å². The summed E-state index contributed by atoms with van der Waals surface area (Å²) in [5.74, 6) is 0. The van der Waals surface area contributed by atoms with E-state index in [-0.39, 0.29) is 10.6 Å². The van der Waals surface area contributed by atoms with Crippen LogP contribution in [-0.4, -0.2) is 18.0 Å². The highest BCUT2D eigenvalue weighted by molar-refractivity contribution is 5.60. The molecule has 1 aromatic carbocycles. The monoisotopic (exact) mass is 206 g/mol. The van der Waals surface area contributed by atoms with Gasteiger partial charge in [0.1, 0.15) is 0 Å². The Balaban J connectivity index is 2.43. The molecule has 0 amide bonds. The first kappa shape index (κ1) is 9.96. The van der Waals surface area contributed by atoms with E-state index >= 15 is 0 Å². The number of fused-ring (bicyclic) bond motifs is 1. The van der Waals surface area contributed by atoms with Crippen LogP contribution in [0.2, 0.25) is 0 Å². The average Bonchev–Trinajstić information content (AvgIpc) is 2.27. The molecule has 0 saturated heterocycles. The van der Waals surface area contributed by atoms with Gasteiger partial charge in [-0.05, 0) is 25.3 Å². The van der Waals surface area contributed by atoms with Crippen molar-refractivity contribution in [2.24, 2.45) is 0 Å². The van der Waals surface area contributed by atoms with Crippen molar-refractivity contribution >= 4 is 11.4 Å². The Kier molecular flexibility index (Phi) is 2.58. The van der Waals surface area contributed by atoms with Crippen LogP contribution in [-0.2, 0) is 6.42 Å². The maximum Gasteiger partial charge on any atom is 0.271 e. The number of nitro benzene ring substituents is 1. The highest BCUT2D eigenvalue weighted by Crippen LogP contribution is 2.30. The first-order valence-electron chi connectivity index (χ1n) is 5.24. The molecule has 0 radical (unpaired) electrons. The fraction of sp³-hybridized carbons (Fsp3) is 0.455. The van der Waals surface area contributed by atoms with Gasteiger partial charge >= 0.3 is 0 Å². The van der Waals surface area contributed by atoms with Gasteiger partial charge in [0, 0.05) is 30.9 Å². The van der Waals surface area contributed by atoms with Crippen LogP contribution in [0.25, 0.3) is 0 Å². The van der Waals surface area contributed by atoms with Crippen molar-refractivity contribution in [2.45, 2.75) is 19.8 Å². The number of non-ortho nitro benzene ring substituents is 1. The minimum Gasteiger partial charge on any atom is -0.371 e. The van der Waals surface area contributed by atoms with Gasteiger partial charge in [-0.25, -0.2) is 0 Å². The van der Waals surface area contributed by atoms with Gasteiger partial charge in [0.2, 0.25) is 0 Å². The second kappa shape index (κ2) is 3.88. The molecule has 15 heavy (non-hydrogen) atoms. The molecular formula is C11H14N2O2. The third kappa shape index (κ3) is 1.79. The lowest BCUT2D eigenvalue weighted by molar-refractivity contribution is -0.384. The van der Waals surface area contributed by atoms with Crippen molar-refractivity contribution in [1.82, 2.24) is 0 Å². The summed E-state index contributed by atoms with van der Waals surface area (Å²) in [6.45, 7) is 3.99. The van der Waals surface area contributed by atoms with Gasteiger partial charge in [-0.1, -0.05) is 6.07 Å². The fourth-order valence-electron chi connectivity index (χ4n) is 2.08. The van der Waals surface area contributed by atoms with Crippen LogP contribution >= 0.6 is 0 Å². The zero-order valence-electron chi connectivity index (χ0n) is 8.77. The van der Waals surface area contributed by atoms with Crippen LogP contribution in [0.4, 0.5) is 11.4 Å². The Bertz CT molecular complexity index is 390. The first-order chi connectivity index (χ1) is 7.22. The zero-order chi connectivity index (χ0) is 10.8. The fourth-order valence-corrected chi connectivity index (χ4v) is 2.08. The molecule has 0 aromatic heterocycles. The highest BCUT2D eigenvalue weighted by Gasteiger charge is 2.18. The Morgan fingerprint density at radius 3 is 3.00 bits per heavy atom. The van der Waals surface area contributed by atoms with E-state index in [4.69, 9.17) is 0 Å². The number of nitro groups is 1. The topological polar surface area (TPSA) is 46.4 Å². The van der Waals surface area contributed by atoms with E-state index in [9.17, 15) is 10.1 Å².